The Morgan fingerprint density at radius 2 is 2.15 bits per heavy atom. The topological polar surface area (TPSA) is 29.1 Å². The van der Waals surface area contributed by atoms with Gasteiger partial charge in [0.1, 0.15) is 0 Å². The number of nitrogens with one attached hydrogen (secondary N) is 1. The van der Waals surface area contributed by atoms with Crippen molar-refractivity contribution in [1.82, 2.24) is 5.32 Å². The van der Waals surface area contributed by atoms with Gasteiger partial charge < -0.3 is 5.32 Å². The van der Waals surface area contributed by atoms with E-state index in [4.69, 9.17) is 0 Å². The Morgan fingerprint density at radius 1 is 1.46 bits per heavy atom. The van der Waals surface area contributed by atoms with Crippen LogP contribution in [0.15, 0.2) is 0 Å². The number of hydrogen-bond donors (Lipinski definition) is 1. The predicted molar refractivity (Wildman–Crippen MR) is 58.0 cm³/mol. The Bertz CT molecular complexity index is 155. The molecule has 0 atom stereocenters. The molecule has 13 heavy (non-hydrogen) atoms. The quantitative estimate of drug-likeness (QED) is 0.754. The lowest BCUT2D eigenvalue weighted by atomic mass is 9.98. The van der Waals surface area contributed by atoms with Crippen LogP contribution in [-0.4, -0.2) is 24.0 Å². The Hall–Kier alpha value is -0.180. The van der Waals surface area contributed by atoms with E-state index in [0.717, 1.165) is 19.4 Å². The fourth-order valence-corrected chi connectivity index (χ4v) is 2.75. The summed E-state index contributed by atoms with van der Waals surface area (Å²) in [5, 5.41) is 2.93. The van der Waals surface area contributed by atoms with Gasteiger partial charge in [-0.2, -0.15) is 11.8 Å². The van der Waals surface area contributed by atoms with Gasteiger partial charge in [-0.25, -0.2) is 0 Å². The molecular weight excluding hydrogens is 182 g/mol. The molecule has 0 aliphatic carbocycles. The summed E-state index contributed by atoms with van der Waals surface area (Å²) in [4.78, 5) is 11.4. The molecule has 0 aromatic rings. The van der Waals surface area contributed by atoms with Crippen molar-refractivity contribution in [1.29, 1.82) is 0 Å². The lowest BCUT2D eigenvalue weighted by molar-refractivity contribution is -0.122. The van der Waals surface area contributed by atoms with Crippen LogP contribution < -0.4 is 5.32 Å². The van der Waals surface area contributed by atoms with E-state index >= 15 is 0 Å². The van der Waals surface area contributed by atoms with Gasteiger partial charge in [0.05, 0.1) is 0 Å². The van der Waals surface area contributed by atoms with Crippen molar-refractivity contribution < 1.29 is 4.79 Å². The molecule has 2 nitrogen and oxygen atoms in total. The second-order valence-corrected chi connectivity index (χ2v) is 4.83. The van der Waals surface area contributed by atoms with Gasteiger partial charge in [0, 0.05) is 13.0 Å². The van der Waals surface area contributed by atoms with Gasteiger partial charge in [0.25, 0.3) is 0 Å². The van der Waals surface area contributed by atoms with Crippen molar-refractivity contribution in [2.24, 2.45) is 5.92 Å². The molecular formula is C10H19NOS. The van der Waals surface area contributed by atoms with E-state index in [-0.39, 0.29) is 5.91 Å². The standard InChI is InChI=1S/C10H19NOS/c1-2-5-11-10(12)8-9-3-6-13-7-4-9/h9H,2-8H2,1H3,(H,11,12). The molecule has 1 aliphatic rings. The average Bonchev–Trinajstić information content (AvgIpc) is 2.16. The highest BCUT2D eigenvalue weighted by Gasteiger charge is 2.16. The van der Waals surface area contributed by atoms with Gasteiger partial charge in [-0.05, 0) is 36.7 Å². The number of hydrogen-bond acceptors (Lipinski definition) is 2. The monoisotopic (exact) mass is 201 g/mol. The van der Waals surface area contributed by atoms with Crippen molar-refractivity contribution in [3.8, 4) is 0 Å². The highest BCUT2D eigenvalue weighted by atomic mass is 32.2. The van der Waals surface area contributed by atoms with Gasteiger partial charge >= 0.3 is 0 Å². The zero-order valence-electron chi connectivity index (χ0n) is 8.34. The van der Waals surface area contributed by atoms with Crippen LogP contribution in [0.5, 0.6) is 0 Å². The minimum atomic E-state index is 0.249. The molecule has 0 aromatic carbocycles. The van der Waals surface area contributed by atoms with Gasteiger partial charge in [-0.15, -0.1) is 0 Å². The smallest absolute Gasteiger partial charge is 0.220 e. The fourth-order valence-electron chi connectivity index (χ4n) is 1.55. The van der Waals surface area contributed by atoms with E-state index in [1.807, 2.05) is 11.8 Å². The highest BCUT2D eigenvalue weighted by Crippen LogP contribution is 2.24. The summed E-state index contributed by atoms with van der Waals surface area (Å²) in [5.74, 6) is 3.38. The molecule has 1 amide bonds. The minimum absolute atomic E-state index is 0.249. The van der Waals surface area contributed by atoms with E-state index in [9.17, 15) is 4.79 Å². The minimum Gasteiger partial charge on any atom is -0.356 e. The normalized spacial score (nSPS) is 18.5. The summed E-state index contributed by atoms with van der Waals surface area (Å²) in [5.41, 5.74) is 0. The lowest BCUT2D eigenvalue weighted by Crippen LogP contribution is -2.27. The molecule has 0 radical (unpaired) electrons. The second-order valence-electron chi connectivity index (χ2n) is 3.61. The highest BCUT2D eigenvalue weighted by molar-refractivity contribution is 7.99. The molecule has 0 saturated carbocycles. The van der Waals surface area contributed by atoms with Crippen LogP contribution in [0, 0.1) is 5.92 Å². The first-order valence-electron chi connectivity index (χ1n) is 5.17. The molecule has 0 spiro atoms. The fraction of sp³-hybridized carbons (Fsp3) is 0.900. The molecule has 1 fully saturated rings. The number of carbonyl (C=O) groups is 1. The number of thioether (sulfide) groups is 1. The first-order chi connectivity index (χ1) is 6.33. The van der Waals surface area contributed by atoms with Crippen molar-refractivity contribution >= 4 is 17.7 Å². The van der Waals surface area contributed by atoms with E-state index in [2.05, 4.69) is 12.2 Å². The Balaban J connectivity index is 2.11. The zero-order chi connectivity index (χ0) is 9.52. The van der Waals surface area contributed by atoms with E-state index in [1.165, 1.54) is 24.3 Å². The lowest BCUT2D eigenvalue weighted by Gasteiger charge is -2.20. The van der Waals surface area contributed by atoms with Gasteiger partial charge in [0.15, 0.2) is 0 Å². The summed E-state index contributed by atoms with van der Waals surface area (Å²) in [6.45, 7) is 2.91. The van der Waals surface area contributed by atoms with Gasteiger partial charge in [-0.3, -0.25) is 4.79 Å². The molecule has 0 bridgehead atoms. The Kier molecular flexibility index (Phi) is 5.28. The maximum Gasteiger partial charge on any atom is 0.220 e. The largest absolute Gasteiger partial charge is 0.356 e. The summed E-state index contributed by atoms with van der Waals surface area (Å²) >= 11 is 2.01. The maximum atomic E-state index is 11.4. The Morgan fingerprint density at radius 3 is 2.77 bits per heavy atom. The van der Waals surface area contributed by atoms with Crippen LogP contribution in [0.3, 0.4) is 0 Å². The maximum absolute atomic E-state index is 11.4. The van der Waals surface area contributed by atoms with E-state index in [1.54, 1.807) is 0 Å². The first kappa shape index (κ1) is 10.9. The molecule has 1 N–H and O–H groups in total. The zero-order valence-corrected chi connectivity index (χ0v) is 9.16. The van der Waals surface area contributed by atoms with E-state index in [0.29, 0.717) is 5.92 Å². The summed E-state index contributed by atoms with van der Waals surface area (Å²) in [6, 6.07) is 0. The van der Waals surface area contributed by atoms with E-state index < -0.39 is 0 Å². The first-order valence-corrected chi connectivity index (χ1v) is 6.33. The summed E-state index contributed by atoms with van der Waals surface area (Å²) in [6.07, 6.45) is 4.24. The van der Waals surface area contributed by atoms with Crippen LogP contribution in [-0.2, 0) is 4.79 Å². The third-order valence-electron chi connectivity index (χ3n) is 2.39. The number of carbonyl (C=O) groups excluding carboxylic acids is 1. The van der Waals surface area contributed by atoms with Crippen molar-refractivity contribution in [2.75, 3.05) is 18.1 Å². The molecule has 1 aliphatic heterocycles. The summed E-state index contributed by atoms with van der Waals surface area (Å²) in [7, 11) is 0. The van der Waals surface area contributed by atoms with Crippen LogP contribution in [0.4, 0.5) is 0 Å². The number of rotatable bonds is 4. The third-order valence-corrected chi connectivity index (χ3v) is 3.44. The Labute approximate surface area is 84.9 Å². The van der Waals surface area contributed by atoms with Gasteiger partial charge in [-0.1, -0.05) is 6.92 Å². The van der Waals surface area contributed by atoms with Crippen LogP contribution in [0.2, 0.25) is 0 Å². The van der Waals surface area contributed by atoms with Crippen molar-refractivity contribution in [2.45, 2.75) is 32.6 Å². The predicted octanol–water partition coefficient (Wildman–Crippen LogP) is 2.05. The van der Waals surface area contributed by atoms with Crippen LogP contribution in [0.25, 0.3) is 0 Å². The molecule has 0 aromatic heterocycles. The number of amides is 1. The second kappa shape index (κ2) is 6.30. The van der Waals surface area contributed by atoms with Crippen molar-refractivity contribution in [3.63, 3.8) is 0 Å². The molecule has 0 unspecified atom stereocenters. The molecule has 3 heteroatoms. The van der Waals surface area contributed by atoms with Crippen LogP contribution in [0.1, 0.15) is 32.6 Å². The SMILES string of the molecule is CCCNC(=O)CC1CCSCC1. The van der Waals surface area contributed by atoms with Gasteiger partial charge in [0.2, 0.25) is 5.91 Å². The van der Waals surface area contributed by atoms with Crippen molar-refractivity contribution in [3.05, 3.63) is 0 Å². The van der Waals surface area contributed by atoms with Crippen LogP contribution >= 0.6 is 11.8 Å². The third kappa shape index (κ3) is 4.55. The summed E-state index contributed by atoms with van der Waals surface area (Å²) < 4.78 is 0. The average molecular weight is 201 g/mol. The molecule has 1 saturated heterocycles. The molecule has 1 rings (SSSR count). The molecule has 1 heterocycles. The molecule has 76 valence electrons.